The van der Waals surface area contributed by atoms with Crippen LogP contribution in [-0.4, -0.2) is 53.7 Å². The molecule has 0 spiro atoms. The maximum Gasteiger partial charge on any atom is 0.259 e. The number of anilines is 2. The van der Waals surface area contributed by atoms with Gasteiger partial charge in [0.15, 0.2) is 0 Å². The number of pyridine rings is 1. The molecule has 0 bridgehead atoms. The molecule has 3 heterocycles. The van der Waals surface area contributed by atoms with Crippen molar-refractivity contribution in [2.45, 2.75) is 32.6 Å². The molecule has 1 aromatic carbocycles. The molecule has 1 saturated carbocycles. The van der Waals surface area contributed by atoms with Gasteiger partial charge in [-0.2, -0.15) is 0 Å². The van der Waals surface area contributed by atoms with Crippen LogP contribution in [0.3, 0.4) is 0 Å². The van der Waals surface area contributed by atoms with E-state index in [0.29, 0.717) is 28.3 Å². The summed E-state index contributed by atoms with van der Waals surface area (Å²) in [5.74, 6) is 0.277. The quantitative estimate of drug-likeness (QED) is 0.696. The number of likely N-dealkylation sites (N-methyl/N-ethyl adjacent to an activating group) is 1. The number of carbonyl (C=O) groups is 1. The van der Waals surface area contributed by atoms with Crippen LogP contribution >= 0.6 is 0 Å². The molecule has 3 aromatic rings. The second-order valence-electron chi connectivity index (χ2n) is 8.24. The SMILES string of the molecule is CCN1CCN(c2ccc(NC(=O)c3cc(C4CC4)nc4onc(C)c34)cc2)CC1. The van der Waals surface area contributed by atoms with Crippen molar-refractivity contribution in [1.82, 2.24) is 15.0 Å². The van der Waals surface area contributed by atoms with Gasteiger partial charge in [-0.3, -0.25) is 4.79 Å². The Bertz CT molecular complexity index is 1060. The number of amides is 1. The van der Waals surface area contributed by atoms with Crippen LogP contribution in [0.2, 0.25) is 0 Å². The van der Waals surface area contributed by atoms with Crippen LogP contribution in [0.25, 0.3) is 11.1 Å². The van der Waals surface area contributed by atoms with Crippen molar-refractivity contribution >= 4 is 28.4 Å². The Balaban J connectivity index is 1.34. The van der Waals surface area contributed by atoms with Gasteiger partial charge >= 0.3 is 0 Å². The van der Waals surface area contributed by atoms with Crippen molar-refractivity contribution in [1.29, 1.82) is 0 Å². The van der Waals surface area contributed by atoms with E-state index >= 15 is 0 Å². The molecule has 156 valence electrons. The molecule has 2 fully saturated rings. The van der Waals surface area contributed by atoms with Crippen LogP contribution in [0.15, 0.2) is 34.9 Å². The van der Waals surface area contributed by atoms with Crippen LogP contribution in [0.5, 0.6) is 0 Å². The fourth-order valence-corrected chi connectivity index (χ4v) is 4.16. The number of aromatic nitrogens is 2. The van der Waals surface area contributed by atoms with E-state index in [0.717, 1.165) is 56.9 Å². The first-order valence-electron chi connectivity index (χ1n) is 10.8. The van der Waals surface area contributed by atoms with E-state index in [1.54, 1.807) is 0 Å². The number of benzene rings is 1. The maximum absolute atomic E-state index is 13.1. The van der Waals surface area contributed by atoms with Crippen molar-refractivity contribution in [3.8, 4) is 0 Å². The number of hydrogen-bond acceptors (Lipinski definition) is 6. The molecule has 2 aromatic heterocycles. The normalized spacial score (nSPS) is 17.5. The average Bonchev–Trinajstić information content (AvgIpc) is 3.57. The lowest BCUT2D eigenvalue weighted by molar-refractivity contribution is 0.102. The smallest absolute Gasteiger partial charge is 0.259 e. The third kappa shape index (κ3) is 3.65. The van der Waals surface area contributed by atoms with Gasteiger partial charge in [0.25, 0.3) is 11.6 Å². The fourth-order valence-electron chi connectivity index (χ4n) is 4.16. The molecule has 0 unspecified atom stereocenters. The lowest BCUT2D eigenvalue weighted by Gasteiger charge is -2.35. The number of carbonyl (C=O) groups excluding carboxylic acids is 1. The van der Waals surface area contributed by atoms with Crippen molar-refractivity contribution in [2.24, 2.45) is 0 Å². The zero-order valence-electron chi connectivity index (χ0n) is 17.5. The Labute approximate surface area is 176 Å². The van der Waals surface area contributed by atoms with Crippen LogP contribution in [0, 0.1) is 6.92 Å². The number of piperazine rings is 1. The van der Waals surface area contributed by atoms with Crippen LogP contribution in [0.1, 0.15) is 47.4 Å². The molecular formula is C23H27N5O2. The summed E-state index contributed by atoms with van der Waals surface area (Å²) in [4.78, 5) is 22.5. The molecule has 0 atom stereocenters. The van der Waals surface area contributed by atoms with Gasteiger partial charge in [-0.15, -0.1) is 0 Å². The highest BCUT2D eigenvalue weighted by molar-refractivity contribution is 6.12. The van der Waals surface area contributed by atoms with E-state index in [1.807, 2.05) is 25.1 Å². The van der Waals surface area contributed by atoms with Crippen LogP contribution < -0.4 is 10.2 Å². The van der Waals surface area contributed by atoms with Crippen molar-refractivity contribution in [2.75, 3.05) is 42.9 Å². The van der Waals surface area contributed by atoms with E-state index < -0.39 is 0 Å². The molecule has 1 amide bonds. The Morgan fingerprint density at radius 2 is 1.90 bits per heavy atom. The monoisotopic (exact) mass is 405 g/mol. The van der Waals surface area contributed by atoms with Crippen molar-refractivity contribution in [3.63, 3.8) is 0 Å². The molecule has 5 rings (SSSR count). The molecule has 1 saturated heterocycles. The molecule has 1 N–H and O–H groups in total. The van der Waals surface area contributed by atoms with E-state index in [4.69, 9.17) is 4.52 Å². The molecule has 7 nitrogen and oxygen atoms in total. The highest BCUT2D eigenvalue weighted by atomic mass is 16.5. The van der Waals surface area contributed by atoms with E-state index in [9.17, 15) is 4.79 Å². The first-order valence-corrected chi connectivity index (χ1v) is 10.8. The second-order valence-corrected chi connectivity index (χ2v) is 8.24. The Hall–Kier alpha value is -2.93. The molecule has 2 aliphatic rings. The van der Waals surface area contributed by atoms with Crippen LogP contribution in [0.4, 0.5) is 11.4 Å². The largest absolute Gasteiger partial charge is 0.369 e. The number of hydrogen-bond donors (Lipinski definition) is 1. The van der Waals surface area contributed by atoms with Gasteiger partial charge in [-0.1, -0.05) is 12.1 Å². The lowest BCUT2D eigenvalue weighted by Crippen LogP contribution is -2.46. The van der Waals surface area contributed by atoms with Gasteiger partial charge in [-0.05, 0) is 56.6 Å². The summed E-state index contributed by atoms with van der Waals surface area (Å²) >= 11 is 0. The topological polar surface area (TPSA) is 74.5 Å². The Morgan fingerprint density at radius 3 is 2.57 bits per heavy atom. The van der Waals surface area contributed by atoms with Gasteiger partial charge in [0.1, 0.15) is 0 Å². The number of fused-ring (bicyclic) bond motifs is 1. The predicted octanol–water partition coefficient (Wildman–Crippen LogP) is 3.80. The standard InChI is InChI=1S/C23H27N5O2/c1-3-27-10-12-28(13-11-27)18-8-6-17(7-9-18)24-22(29)19-14-20(16-4-5-16)25-23-21(19)15(2)26-30-23/h6-9,14,16H,3-5,10-13H2,1-2H3,(H,24,29). The summed E-state index contributed by atoms with van der Waals surface area (Å²) in [5.41, 5.74) is 4.62. The zero-order chi connectivity index (χ0) is 20.7. The number of rotatable bonds is 5. The molecule has 1 aliphatic carbocycles. The minimum atomic E-state index is -0.153. The molecular weight excluding hydrogens is 378 g/mol. The van der Waals surface area contributed by atoms with E-state index in [2.05, 4.69) is 44.3 Å². The molecule has 30 heavy (non-hydrogen) atoms. The van der Waals surface area contributed by atoms with Gasteiger partial charge in [0, 0.05) is 49.2 Å². The second kappa shape index (κ2) is 7.72. The molecule has 1 aliphatic heterocycles. The minimum absolute atomic E-state index is 0.153. The number of nitrogens with one attached hydrogen (secondary N) is 1. The Morgan fingerprint density at radius 1 is 1.17 bits per heavy atom. The third-order valence-electron chi connectivity index (χ3n) is 6.19. The summed E-state index contributed by atoms with van der Waals surface area (Å²) in [5, 5.41) is 7.75. The van der Waals surface area contributed by atoms with Crippen molar-refractivity contribution in [3.05, 3.63) is 47.3 Å². The van der Waals surface area contributed by atoms with Crippen LogP contribution in [-0.2, 0) is 0 Å². The number of nitrogens with zero attached hydrogens (tertiary/aromatic N) is 4. The lowest BCUT2D eigenvalue weighted by atomic mass is 10.1. The number of aryl methyl sites for hydroxylation is 1. The van der Waals surface area contributed by atoms with E-state index in [1.165, 1.54) is 5.69 Å². The molecule has 7 heteroatoms. The van der Waals surface area contributed by atoms with Crippen molar-refractivity contribution < 1.29 is 9.32 Å². The fraction of sp³-hybridized carbons (Fsp3) is 0.435. The average molecular weight is 406 g/mol. The summed E-state index contributed by atoms with van der Waals surface area (Å²) in [7, 11) is 0. The zero-order valence-corrected chi connectivity index (χ0v) is 17.5. The van der Waals surface area contributed by atoms with Gasteiger partial charge in [0.2, 0.25) is 0 Å². The third-order valence-corrected chi connectivity index (χ3v) is 6.19. The predicted molar refractivity (Wildman–Crippen MR) is 117 cm³/mol. The minimum Gasteiger partial charge on any atom is -0.369 e. The van der Waals surface area contributed by atoms with Gasteiger partial charge < -0.3 is 19.6 Å². The first-order chi connectivity index (χ1) is 14.6. The Kier molecular flexibility index (Phi) is 4.90. The first kappa shape index (κ1) is 19.1. The van der Waals surface area contributed by atoms with E-state index in [-0.39, 0.29) is 5.91 Å². The van der Waals surface area contributed by atoms with Gasteiger partial charge in [-0.25, -0.2) is 4.98 Å². The highest BCUT2D eigenvalue weighted by Crippen LogP contribution is 2.40. The molecule has 0 radical (unpaired) electrons. The maximum atomic E-state index is 13.1. The van der Waals surface area contributed by atoms with Gasteiger partial charge in [0.05, 0.1) is 16.6 Å². The summed E-state index contributed by atoms with van der Waals surface area (Å²) in [6.45, 7) is 9.40. The highest BCUT2D eigenvalue weighted by Gasteiger charge is 2.28. The summed E-state index contributed by atoms with van der Waals surface area (Å²) in [6.07, 6.45) is 2.22. The summed E-state index contributed by atoms with van der Waals surface area (Å²) < 4.78 is 5.36. The summed E-state index contributed by atoms with van der Waals surface area (Å²) in [6, 6.07) is 10.0.